The molecule has 0 aromatic heterocycles. The lowest BCUT2D eigenvalue weighted by atomic mass is 10.2. The Morgan fingerprint density at radius 1 is 0.935 bits per heavy atom. The quantitative estimate of drug-likeness (QED) is 0.289. The van der Waals surface area contributed by atoms with Gasteiger partial charge in [0.2, 0.25) is 0 Å². The number of anilines is 1. The van der Waals surface area contributed by atoms with Crippen molar-refractivity contribution in [3.05, 3.63) is 54.1 Å². The van der Waals surface area contributed by atoms with Crippen LogP contribution in [-0.2, 0) is 11.3 Å². The van der Waals surface area contributed by atoms with Crippen LogP contribution >= 0.6 is 0 Å². The fraction of sp³-hybridized carbons (Fsp3) is 0.458. The Hall–Kier alpha value is -2.77. The van der Waals surface area contributed by atoms with Gasteiger partial charge in [0.05, 0.1) is 13.2 Å². The number of aliphatic imine (C=N–C) groups is 1. The van der Waals surface area contributed by atoms with Crippen LogP contribution in [0.3, 0.4) is 0 Å². The van der Waals surface area contributed by atoms with Crippen LogP contribution in [0.1, 0.15) is 18.4 Å². The lowest BCUT2D eigenvalue weighted by Gasteiger charge is -2.14. The summed E-state index contributed by atoms with van der Waals surface area (Å²) in [5.74, 6) is 2.41. The van der Waals surface area contributed by atoms with E-state index in [9.17, 15) is 0 Å². The lowest BCUT2D eigenvalue weighted by Crippen LogP contribution is -2.30. The van der Waals surface area contributed by atoms with E-state index in [1.165, 1.54) is 0 Å². The number of hydrogen-bond donors (Lipinski definition) is 2. The fourth-order valence-corrected chi connectivity index (χ4v) is 2.83. The first-order chi connectivity index (χ1) is 15.1. The highest BCUT2D eigenvalue weighted by atomic mass is 16.5. The standard InChI is InChI=1S/C24H36N4O3/c1-25-24(27-21-8-5-9-23(18-21)31-17-7-15-29-4)26-19-20-10-12-22(13-11-20)30-16-6-14-28(2)3/h5,8-13,18H,6-7,14-17,19H2,1-4H3,(H2,25,26,27). The third-order valence-corrected chi connectivity index (χ3v) is 4.48. The predicted octanol–water partition coefficient (Wildman–Crippen LogP) is 3.62. The van der Waals surface area contributed by atoms with Crippen molar-refractivity contribution in [3.8, 4) is 11.5 Å². The first kappa shape index (κ1) is 24.5. The molecule has 0 bridgehead atoms. The van der Waals surface area contributed by atoms with Gasteiger partial charge in [-0.2, -0.15) is 0 Å². The summed E-state index contributed by atoms with van der Waals surface area (Å²) in [4.78, 5) is 6.46. The van der Waals surface area contributed by atoms with E-state index in [4.69, 9.17) is 14.2 Å². The van der Waals surface area contributed by atoms with E-state index >= 15 is 0 Å². The van der Waals surface area contributed by atoms with Gasteiger partial charge < -0.3 is 29.7 Å². The first-order valence-electron chi connectivity index (χ1n) is 10.7. The normalized spacial score (nSPS) is 11.5. The van der Waals surface area contributed by atoms with Gasteiger partial charge in [-0.25, -0.2) is 0 Å². The van der Waals surface area contributed by atoms with Gasteiger partial charge >= 0.3 is 0 Å². The van der Waals surface area contributed by atoms with E-state index in [-0.39, 0.29) is 0 Å². The molecule has 0 aliphatic heterocycles. The van der Waals surface area contributed by atoms with Crippen molar-refractivity contribution in [2.24, 2.45) is 4.99 Å². The Kier molecular flexibility index (Phi) is 11.3. The van der Waals surface area contributed by atoms with Crippen LogP contribution in [0.25, 0.3) is 0 Å². The van der Waals surface area contributed by atoms with E-state index in [2.05, 4.69) is 46.8 Å². The molecule has 7 nitrogen and oxygen atoms in total. The van der Waals surface area contributed by atoms with Crippen molar-refractivity contribution in [2.75, 3.05) is 59.9 Å². The van der Waals surface area contributed by atoms with Crippen molar-refractivity contribution in [1.29, 1.82) is 0 Å². The molecule has 31 heavy (non-hydrogen) atoms. The molecule has 0 spiro atoms. The Labute approximate surface area is 186 Å². The van der Waals surface area contributed by atoms with Crippen LogP contribution in [0.15, 0.2) is 53.5 Å². The highest BCUT2D eigenvalue weighted by molar-refractivity contribution is 5.93. The van der Waals surface area contributed by atoms with Crippen LogP contribution < -0.4 is 20.1 Å². The molecule has 0 amide bonds. The van der Waals surface area contributed by atoms with Crippen LogP contribution in [0, 0.1) is 0 Å². The molecule has 2 N–H and O–H groups in total. The molecule has 0 saturated heterocycles. The molecule has 0 aliphatic carbocycles. The minimum absolute atomic E-state index is 0.625. The average Bonchev–Trinajstić information content (AvgIpc) is 2.78. The van der Waals surface area contributed by atoms with Gasteiger partial charge in [0.25, 0.3) is 0 Å². The highest BCUT2D eigenvalue weighted by Gasteiger charge is 2.03. The minimum Gasteiger partial charge on any atom is -0.494 e. The molecular formula is C24H36N4O3. The van der Waals surface area contributed by atoms with Gasteiger partial charge in [-0.3, -0.25) is 4.99 Å². The zero-order valence-corrected chi connectivity index (χ0v) is 19.2. The van der Waals surface area contributed by atoms with Crippen LogP contribution in [0.5, 0.6) is 11.5 Å². The molecule has 0 heterocycles. The zero-order valence-electron chi connectivity index (χ0n) is 19.2. The maximum absolute atomic E-state index is 5.79. The summed E-state index contributed by atoms with van der Waals surface area (Å²) in [7, 11) is 7.59. The molecule has 0 aliphatic rings. The van der Waals surface area contributed by atoms with Gasteiger partial charge in [0.1, 0.15) is 11.5 Å². The monoisotopic (exact) mass is 428 g/mol. The number of nitrogens with zero attached hydrogens (tertiary/aromatic N) is 2. The molecular weight excluding hydrogens is 392 g/mol. The van der Waals surface area contributed by atoms with E-state index in [0.717, 1.165) is 48.7 Å². The third-order valence-electron chi connectivity index (χ3n) is 4.48. The SMILES string of the molecule is CN=C(NCc1ccc(OCCCN(C)C)cc1)Nc1cccc(OCCCOC)c1. The fourth-order valence-electron chi connectivity index (χ4n) is 2.83. The van der Waals surface area contributed by atoms with Crippen molar-refractivity contribution in [2.45, 2.75) is 19.4 Å². The molecule has 2 aromatic carbocycles. The second-order valence-corrected chi connectivity index (χ2v) is 7.42. The van der Waals surface area contributed by atoms with E-state index < -0.39 is 0 Å². The Bertz CT molecular complexity index is 779. The molecule has 2 aromatic rings. The minimum atomic E-state index is 0.625. The number of guanidine groups is 1. The summed E-state index contributed by atoms with van der Waals surface area (Å²) < 4.78 is 16.6. The third kappa shape index (κ3) is 10.2. The first-order valence-corrected chi connectivity index (χ1v) is 10.7. The van der Waals surface area contributed by atoms with E-state index in [0.29, 0.717) is 25.7 Å². The lowest BCUT2D eigenvalue weighted by molar-refractivity contribution is 0.172. The second-order valence-electron chi connectivity index (χ2n) is 7.42. The topological polar surface area (TPSA) is 67.4 Å². The van der Waals surface area contributed by atoms with Crippen LogP contribution in [0.4, 0.5) is 5.69 Å². The largest absolute Gasteiger partial charge is 0.494 e. The van der Waals surface area contributed by atoms with E-state index in [1.807, 2.05) is 36.4 Å². The molecule has 0 unspecified atom stereocenters. The number of methoxy groups -OCH3 is 1. The number of hydrogen-bond acceptors (Lipinski definition) is 5. The number of nitrogens with one attached hydrogen (secondary N) is 2. The molecule has 0 fully saturated rings. The van der Waals surface area contributed by atoms with Gasteiger partial charge in [-0.1, -0.05) is 18.2 Å². The number of ether oxygens (including phenoxy) is 3. The molecule has 170 valence electrons. The summed E-state index contributed by atoms with van der Waals surface area (Å²) in [6.07, 6.45) is 1.87. The molecule has 7 heteroatoms. The van der Waals surface area contributed by atoms with Gasteiger partial charge in [0.15, 0.2) is 5.96 Å². The molecule has 0 atom stereocenters. The summed E-state index contributed by atoms with van der Waals surface area (Å²) in [5, 5.41) is 6.63. The van der Waals surface area contributed by atoms with Crippen molar-refractivity contribution in [1.82, 2.24) is 10.2 Å². The number of benzene rings is 2. The smallest absolute Gasteiger partial charge is 0.195 e. The predicted molar refractivity (Wildman–Crippen MR) is 127 cm³/mol. The number of rotatable bonds is 13. The van der Waals surface area contributed by atoms with E-state index in [1.54, 1.807) is 14.2 Å². The highest BCUT2D eigenvalue weighted by Crippen LogP contribution is 2.18. The molecule has 0 radical (unpaired) electrons. The summed E-state index contributed by atoms with van der Waals surface area (Å²) in [5.41, 5.74) is 2.07. The Balaban J connectivity index is 1.78. The Morgan fingerprint density at radius 3 is 2.39 bits per heavy atom. The molecule has 2 rings (SSSR count). The maximum Gasteiger partial charge on any atom is 0.195 e. The summed E-state index contributed by atoms with van der Waals surface area (Å²) in [6, 6.07) is 16.0. The Morgan fingerprint density at radius 2 is 1.68 bits per heavy atom. The van der Waals surface area contributed by atoms with Crippen LogP contribution in [0.2, 0.25) is 0 Å². The zero-order chi connectivity index (χ0) is 22.3. The van der Waals surface area contributed by atoms with Crippen molar-refractivity contribution >= 4 is 11.6 Å². The van der Waals surface area contributed by atoms with Gasteiger partial charge in [-0.15, -0.1) is 0 Å². The van der Waals surface area contributed by atoms with Gasteiger partial charge in [-0.05, 0) is 50.3 Å². The summed E-state index contributed by atoms with van der Waals surface area (Å²) >= 11 is 0. The average molecular weight is 429 g/mol. The second kappa shape index (κ2) is 14.3. The van der Waals surface area contributed by atoms with Gasteiger partial charge in [0, 0.05) is 52.0 Å². The van der Waals surface area contributed by atoms with Crippen molar-refractivity contribution < 1.29 is 14.2 Å². The maximum atomic E-state index is 5.79. The van der Waals surface area contributed by atoms with Crippen molar-refractivity contribution in [3.63, 3.8) is 0 Å². The van der Waals surface area contributed by atoms with Crippen LogP contribution in [-0.4, -0.2) is 65.5 Å². The summed E-state index contributed by atoms with van der Waals surface area (Å²) in [6.45, 7) is 3.73. The molecule has 0 saturated carbocycles.